The van der Waals surface area contributed by atoms with E-state index in [2.05, 4.69) is 10.3 Å². The fraction of sp³-hybridized carbons (Fsp3) is 0.316. The molecule has 2 amide bonds. The second-order valence-corrected chi connectivity index (χ2v) is 6.16. The SMILES string of the molecule is COc1cccc(C(=O)Nc2ccc(OC(=O)N3CCC(O)CC3)nc2)c1. The van der Waals surface area contributed by atoms with Crippen LogP contribution in [-0.2, 0) is 0 Å². The summed E-state index contributed by atoms with van der Waals surface area (Å²) in [4.78, 5) is 29.9. The topological polar surface area (TPSA) is 101 Å². The van der Waals surface area contributed by atoms with Crippen molar-refractivity contribution in [3.05, 3.63) is 48.2 Å². The zero-order chi connectivity index (χ0) is 19.2. The van der Waals surface area contributed by atoms with Crippen molar-refractivity contribution in [2.45, 2.75) is 18.9 Å². The molecule has 1 saturated heterocycles. The summed E-state index contributed by atoms with van der Waals surface area (Å²) in [5.41, 5.74) is 0.931. The van der Waals surface area contributed by atoms with Crippen molar-refractivity contribution in [3.63, 3.8) is 0 Å². The third kappa shape index (κ3) is 4.95. The molecular formula is C19H21N3O5. The number of carbonyl (C=O) groups excluding carboxylic acids is 2. The van der Waals surface area contributed by atoms with Gasteiger partial charge in [0.05, 0.1) is 25.1 Å². The van der Waals surface area contributed by atoms with Gasteiger partial charge in [0.25, 0.3) is 5.91 Å². The molecule has 2 N–H and O–H groups in total. The highest BCUT2D eigenvalue weighted by Gasteiger charge is 2.23. The highest BCUT2D eigenvalue weighted by Crippen LogP contribution is 2.17. The molecule has 0 radical (unpaired) electrons. The van der Waals surface area contributed by atoms with Gasteiger partial charge in [-0.2, -0.15) is 0 Å². The Balaban J connectivity index is 1.56. The molecule has 8 nitrogen and oxygen atoms in total. The van der Waals surface area contributed by atoms with Crippen molar-refractivity contribution < 1.29 is 24.2 Å². The van der Waals surface area contributed by atoms with Gasteiger partial charge in [0.1, 0.15) is 5.75 Å². The Morgan fingerprint density at radius 1 is 1.22 bits per heavy atom. The van der Waals surface area contributed by atoms with Gasteiger partial charge >= 0.3 is 6.09 Å². The van der Waals surface area contributed by atoms with Gasteiger partial charge in [0, 0.05) is 24.7 Å². The summed E-state index contributed by atoms with van der Waals surface area (Å²) in [6.07, 6.45) is 1.64. The summed E-state index contributed by atoms with van der Waals surface area (Å²) in [6, 6.07) is 9.91. The first-order chi connectivity index (χ1) is 13.0. The van der Waals surface area contributed by atoms with Crippen LogP contribution < -0.4 is 14.8 Å². The van der Waals surface area contributed by atoms with Crippen LogP contribution in [0.15, 0.2) is 42.6 Å². The molecule has 27 heavy (non-hydrogen) atoms. The number of aromatic nitrogens is 1. The number of aliphatic hydroxyl groups is 1. The Bertz CT molecular complexity index is 801. The number of amides is 2. The minimum Gasteiger partial charge on any atom is -0.497 e. The Hall–Kier alpha value is -3.13. The average Bonchev–Trinajstić information content (AvgIpc) is 2.70. The van der Waals surface area contributed by atoms with Crippen LogP contribution in [0.2, 0.25) is 0 Å². The molecule has 142 valence electrons. The van der Waals surface area contributed by atoms with Crippen molar-refractivity contribution in [1.29, 1.82) is 0 Å². The van der Waals surface area contributed by atoms with Gasteiger partial charge in [0.15, 0.2) is 0 Å². The van der Waals surface area contributed by atoms with E-state index in [0.29, 0.717) is 42.9 Å². The summed E-state index contributed by atoms with van der Waals surface area (Å²) in [6.45, 7) is 0.906. The van der Waals surface area contributed by atoms with Crippen LogP contribution in [0, 0.1) is 0 Å². The van der Waals surface area contributed by atoms with E-state index in [1.165, 1.54) is 24.3 Å². The number of benzene rings is 1. The molecule has 0 saturated carbocycles. The summed E-state index contributed by atoms with van der Waals surface area (Å²) in [5.74, 6) is 0.436. The molecule has 3 rings (SSSR count). The lowest BCUT2D eigenvalue weighted by Gasteiger charge is -2.28. The van der Waals surface area contributed by atoms with Crippen LogP contribution in [0.1, 0.15) is 23.2 Å². The lowest BCUT2D eigenvalue weighted by atomic mass is 10.1. The molecular weight excluding hydrogens is 350 g/mol. The number of rotatable bonds is 4. The van der Waals surface area contributed by atoms with E-state index in [1.807, 2.05) is 0 Å². The van der Waals surface area contributed by atoms with Gasteiger partial charge in [-0.05, 0) is 37.1 Å². The number of nitrogens with zero attached hydrogens (tertiary/aromatic N) is 2. The number of nitrogens with one attached hydrogen (secondary N) is 1. The van der Waals surface area contributed by atoms with Crippen molar-refractivity contribution in [2.75, 3.05) is 25.5 Å². The zero-order valence-electron chi connectivity index (χ0n) is 14.9. The highest BCUT2D eigenvalue weighted by molar-refractivity contribution is 6.04. The molecule has 0 spiro atoms. The fourth-order valence-corrected chi connectivity index (χ4v) is 2.68. The van der Waals surface area contributed by atoms with Gasteiger partial charge in [0.2, 0.25) is 5.88 Å². The summed E-state index contributed by atoms with van der Waals surface area (Å²) in [5, 5.41) is 12.2. The number of aliphatic hydroxyl groups excluding tert-OH is 1. The van der Waals surface area contributed by atoms with Crippen LogP contribution >= 0.6 is 0 Å². The number of hydrogen-bond acceptors (Lipinski definition) is 6. The van der Waals surface area contributed by atoms with Crippen molar-refractivity contribution in [2.24, 2.45) is 0 Å². The predicted octanol–water partition coefficient (Wildman–Crippen LogP) is 2.30. The van der Waals surface area contributed by atoms with Crippen LogP contribution in [0.3, 0.4) is 0 Å². The first-order valence-corrected chi connectivity index (χ1v) is 8.61. The molecule has 1 aromatic carbocycles. The Kier molecular flexibility index (Phi) is 5.87. The van der Waals surface area contributed by atoms with E-state index in [9.17, 15) is 14.7 Å². The van der Waals surface area contributed by atoms with Crippen LogP contribution in [0.5, 0.6) is 11.6 Å². The lowest BCUT2D eigenvalue weighted by molar-refractivity contribution is 0.0792. The largest absolute Gasteiger partial charge is 0.497 e. The highest BCUT2D eigenvalue weighted by atomic mass is 16.6. The minimum absolute atomic E-state index is 0.144. The zero-order valence-corrected chi connectivity index (χ0v) is 14.9. The van der Waals surface area contributed by atoms with E-state index >= 15 is 0 Å². The first-order valence-electron chi connectivity index (χ1n) is 8.61. The van der Waals surface area contributed by atoms with Gasteiger partial charge < -0.3 is 24.8 Å². The summed E-state index contributed by atoms with van der Waals surface area (Å²) < 4.78 is 10.3. The first kappa shape index (κ1) is 18.7. The number of carbonyl (C=O) groups is 2. The Morgan fingerprint density at radius 2 is 2.00 bits per heavy atom. The molecule has 1 aliphatic rings. The second-order valence-electron chi connectivity index (χ2n) is 6.16. The van der Waals surface area contributed by atoms with Gasteiger partial charge in [-0.25, -0.2) is 9.78 Å². The van der Waals surface area contributed by atoms with Crippen LogP contribution in [-0.4, -0.2) is 53.3 Å². The monoisotopic (exact) mass is 371 g/mol. The molecule has 0 bridgehead atoms. The maximum atomic E-state index is 12.3. The molecule has 0 atom stereocenters. The molecule has 1 aromatic heterocycles. The van der Waals surface area contributed by atoms with E-state index in [4.69, 9.17) is 9.47 Å². The average molecular weight is 371 g/mol. The summed E-state index contributed by atoms with van der Waals surface area (Å²) in [7, 11) is 1.53. The maximum Gasteiger partial charge on any atom is 0.416 e. The van der Waals surface area contributed by atoms with Crippen molar-refractivity contribution in [3.8, 4) is 11.6 Å². The minimum atomic E-state index is -0.498. The lowest BCUT2D eigenvalue weighted by Crippen LogP contribution is -2.41. The molecule has 8 heteroatoms. The summed E-state index contributed by atoms with van der Waals surface area (Å²) >= 11 is 0. The van der Waals surface area contributed by atoms with Gasteiger partial charge in [-0.3, -0.25) is 4.79 Å². The van der Waals surface area contributed by atoms with E-state index in [0.717, 1.165) is 0 Å². The number of hydrogen-bond donors (Lipinski definition) is 2. The molecule has 1 fully saturated rings. The third-order valence-electron chi connectivity index (χ3n) is 4.24. The predicted molar refractivity (Wildman–Crippen MR) is 98.0 cm³/mol. The molecule has 0 unspecified atom stereocenters. The van der Waals surface area contributed by atoms with Crippen LogP contribution in [0.4, 0.5) is 10.5 Å². The normalized spacial score (nSPS) is 14.5. The number of piperidine rings is 1. The molecule has 0 aliphatic carbocycles. The second kappa shape index (κ2) is 8.50. The molecule has 2 aromatic rings. The number of anilines is 1. The van der Waals surface area contributed by atoms with Crippen LogP contribution in [0.25, 0.3) is 0 Å². The Labute approximate surface area is 156 Å². The Morgan fingerprint density at radius 3 is 2.67 bits per heavy atom. The number of likely N-dealkylation sites (tertiary alicyclic amines) is 1. The smallest absolute Gasteiger partial charge is 0.416 e. The van der Waals surface area contributed by atoms with E-state index in [1.54, 1.807) is 30.3 Å². The number of methoxy groups -OCH3 is 1. The maximum absolute atomic E-state index is 12.3. The van der Waals surface area contributed by atoms with Crippen molar-refractivity contribution in [1.82, 2.24) is 9.88 Å². The van der Waals surface area contributed by atoms with E-state index < -0.39 is 6.09 Å². The van der Waals surface area contributed by atoms with Gasteiger partial charge in [-0.1, -0.05) is 6.07 Å². The third-order valence-corrected chi connectivity index (χ3v) is 4.24. The molecule has 1 aliphatic heterocycles. The van der Waals surface area contributed by atoms with Gasteiger partial charge in [-0.15, -0.1) is 0 Å². The molecule has 2 heterocycles. The number of pyridine rings is 1. The van der Waals surface area contributed by atoms with E-state index in [-0.39, 0.29) is 17.9 Å². The van der Waals surface area contributed by atoms with Crippen molar-refractivity contribution >= 4 is 17.7 Å². The fourth-order valence-electron chi connectivity index (χ4n) is 2.68. The number of ether oxygens (including phenoxy) is 2. The standard InChI is InChI=1S/C19H21N3O5/c1-26-16-4-2-3-13(11-16)18(24)21-14-5-6-17(20-12-14)27-19(25)22-9-7-15(23)8-10-22/h2-6,11-12,15,23H,7-10H2,1H3,(H,21,24). The quantitative estimate of drug-likeness (QED) is 0.855.